The molecule has 1 atom stereocenters. The minimum atomic E-state index is -1.00. The van der Waals surface area contributed by atoms with Gasteiger partial charge in [-0.15, -0.1) is 0 Å². The first-order chi connectivity index (χ1) is 8.75. The molecule has 0 spiro atoms. The van der Waals surface area contributed by atoms with Crippen LogP contribution in [0.5, 0.6) is 0 Å². The Morgan fingerprint density at radius 3 is 2.11 bits per heavy atom. The number of carbonyl (C=O) groups is 1. The van der Waals surface area contributed by atoms with E-state index in [2.05, 4.69) is 12.2 Å². The van der Waals surface area contributed by atoms with E-state index in [9.17, 15) is 9.90 Å². The molecule has 2 heteroatoms. The van der Waals surface area contributed by atoms with Gasteiger partial charge in [0.25, 0.3) is 0 Å². The Morgan fingerprint density at radius 1 is 0.833 bits per heavy atom. The van der Waals surface area contributed by atoms with E-state index in [-0.39, 0.29) is 5.78 Å². The third kappa shape index (κ3) is 1.85. The van der Waals surface area contributed by atoms with Crippen molar-refractivity contribution in [2.75, 3.05) is 0 Å². The lowest BCUT2D eigenvalue weighted by Crippen LogP contribution is -2.27. The van der Waals surface area contributed by atoms with Gasteiger partial charge in [-0.2, -0.15) is 0 Å². The maximum absolute atomic E-state index is 12.2. The van der Waals surface area contributed by atoms with Crippen molar-refractivity contribution in [1.82, 2.24) is 0 Å². The summed E-state index contributed by atoms with van der Waals surface area (Å²) in [6.07, 6.45) is 15.7. The minimum absolute atomic E-state index is 0.173. The van der Waals surface area contributed by atoms with Crippen LogP contribution in [0.3, 0.4) is 0 Å². The number of aliphatic hydroxyl groups is 1. The molecule has 3 aliphatic rings. The third-order valence-corrected chi connectivity index (χ3v) is 3.53. The van der Waals surface area contributed by atoms with Crippen LogP contribution in [0.15, 0.2) is 70.9 Å². The summed E-state index contributed by atoms with van der Waals surface area (Å²) in [7, 11) is 0. The third-order valence-electron chi connectivity index (χ3n) is 3.53. The van der Waals surface area contributed by atoms with Crippen LogP contribution >= 0.6 is 0 Å². The molecule has 90 valence electrons. The molecule has 0 aliphatic heterocycles. The van der Waals surface area contributed by atoms with Crippen molar-refractivity contribution in [2.45, 2.75) is 18.9 Å². The zero-order valence-corrected chi connectivity index (χ0v) is 9.97. The largest absolute Gasteiger partial charge is 0.380 e. The summed E-state index contributed by atoms with van der Waals surface area (Å²) in [6.45, 7) is 0. The summed E-state index contributed by atoms with van der Waals surface area (Å²) >= 11 is 0. The Labute approximate surface area is 106 Å². The van der Waals surface area contributed by atoms with E-state index in [1.54, 1.807) is 6.08 Å². The van der Waals surface area contributed by atoms with E-state index >= 15 is 0 Å². The molecule has 1 unspecified atom stereocenters. The zero-order chi connectivity index (χ0) is 12.5. The topological polar surface area (TPSA) is 37.3 Å². The number of hydrogen-bond acceptors (Lipinski definition) is 2. The van der Waals surface area contributed by atoms with Gasteiger partial charge < -0.3 is 5.11 Å². The van der Waals surface area contributed by atoms with Gasteiger partial charge in [0.1, 0.15) is 6.10 Å². The number of Topliss-reactive ketones (excluding diaryl/α,β-unsaturated/α-hetero) is 1. The molecule has 3 rings (SSSR count). The van der Waals surface area contributed by atoms with E-state index in [0.717, 1.165) is 11.1 Å². The predicted molar refractivity (Wildman–Crippen MR) is 70.9 cm³/mol. The first-order valence-corrected chi connectivity index (χ1v) is 6.11. The number of hydrogen-bond donors (Lipinski definition) is 1. The highest BCUT2D eigenvalue weighted by molar-refractivity contribution is 6.02. The molecular formula is C16H14O2. The van der Waals surface area contributed by atoms with Crippen molar-refractivity contribution in [1.29, 1.82) is 0 Å². The second-order valence-corrected chi connectivity index (χ2v) is 4.71. The van der Waals surface area contributed by atoms with E-state index in [1.807, 2.05) is 30.4 Å². The monoisotopic (exact) mass is 238 g/mol. The van der Waals surface area contributed by atoms with Crippen LogP contribution < -0.4 is 0 Å². The van der Waals surface area contributed by atoms with Crippen LogP contribution in [-0.2, 0) is 4.79 Å². The van der Waals surface area contributed by atoms with Crippen LogP contribution in [0.25, 0.3) is 0 Å². The molecule has 3 aliphatic carbocycles. The Hall–Kier alpha value is -1.93. The van der Waals surface area contributed by atoms with Gasteiger partial charge >= 0.3 is 0 Å². The summed E-state index contributed by atoms with van der Waals surface area (Å²) in [6, 6.07) is 0. The number of fused-ring (bicyclic) bond motifs is 5. The molecule has 1 N–H and O–H groups in total. The highest BCUT2D eigenvalue weighted by Gasteiger charge is 2.28. The zero-order valence-electron chi connectivity index (χ0n) is 9.97. The normalized spacial score (nSPS) is 26.1. The van der Waals surface area contributed by atoms with E-state index in [1.165, 1.54) is 5.57 Å². The SMILES string of the molecule is O=C1C2=CC=CC=C(C2)C2=CC=CC=C(C2)C1O. The molecule has 0 heterocycles. The smallest absolute Gasteiger partial charge is 0.191 e. The van der Waals surface area contributed by atoms with E-state index < -0.39 is 6.10 Å². The molecule has 18 heavy (non-hydrogen) atoms. The molecule has 0 amide bonds. The highest BCUT2D eigenvalue weighted by atomic mass is 16.3. The number of allylic oxidation sites excluding steroid dienone is 10. The summed E-state index contributed by atoms with van der Waals surface area (Å²) in [4.78, 5) is 12.2. The first-order valence-electron chi connectivity index (χ1n) is 6.11. The fraction of sp³-hybridized carbons (Fsp3) is 0.188. The van der Waals surface area contributed by atoms with Crippen molar-refractivity contribution in [3.05, 3.63) is 70.9 Å². The molecule has 0 aromatic rings. The standard InChI is InChI=1S/C16H14O2/c17-15-13-7-3-1-5-11(9-13)12-6-2-4-8-14(10-12)16(15)18/h1-8,15,17H,9-10H2. The highest BCUT2D eigenvalue weighted by Crippen LogP contribution is 2.33. The fourth-order valence-corrected chi connectivity index (χ4v) is 2.50. The molecule has 0 aromatic carbocycles. The van der Waals surface area contributed by atoms with Crippen molar-refractivity contribution >= 4 is 5.78 Å². The molecule has 0 aromatic heterocycles. The van der Waals surface area contributed by atoms with Gasteiger partial charge in [0.05, 0.1) is 0 Å². The van der Waals surface area contributed by atoms with Crippen LogP contribution in [0.4, 0.5) is 0 Å². The summed E-state index contributed by atoms with van der Waals surface area (Å²) in [5, 5.41) is 10.2. The van der Waals surface area contributed by atoms with Crippen LogP contribution in [0, 0.1) is 0 Å². The van der Waals surface area contributed by atoms with Crippen molar-refractivity contribution in [3.63, 3.8) is 0 Å². The van der Waals surface area contributed by atoms with Gasteiger partial charge in [-0.05, 0) is 23.1 Å². The van der Waals surface area contributed by atoms with E-state index in [0.29, 0.717) is 18.4 Å². The van der Waals surface area contributed by atoms with Crippen LogP contribution in [0.1, 0.15) is 12.8 Å². The number of ketones is 1. The Morgan fingerprint density at radius 2 is 1.39 bits per heavy atom. The van der Waals surface area contributed by atoms with Gasteiger partial charge in [0, 0.05) is 12.0 Å². The second kappa shape index (κ2) is 4.39. The molecule has 0 radical (unpaired) electrons. The van der Waals surface area contributed by atoms with Crippen molar-refractivity contribution in [2.24, 2.45) is 0 Å². The average Bonchev–Trinajstić information content (AvgIpc) is 2.76. The van der Waals surface area contributed by atoms with Gasteiger partial charge in [0.15, 0.2) is 5.78 Å². The number of rotatable bonds is 0. The lowest BCUT2D eigenvalue weighted by molar-refractivity contribution is -0.121. The van der Waals surface area contributed by atoms with Crippen LogP contribution in [-0.4, -0.2) is 17.0 Å². The average molecular weight is 238 g/mol. The number of aliphatic hydroxyl groups excluding tert-OH is 1. The van der Waals surface area contributed by atoms with Gasteiger partial charge in [-0.1, -0.05) is 48.6 Å². The summed E-state index contributed by atoms with van der Waals surface area (Å²) < 4.78 is 0. The Balaban J connectivity index is 2.17. The van der Waals surface area contributed by atoms with Crippen molar-refractivity contribution < 1.29 is 9.90 Å². The lowest BCUT2D eigenvalue weighted by atomic mass is 9.84. The fourth-order valence-electron chi connectivity index (χ4n) is 2.50. The predicted octanol–water partition coefficient (Wildman–Crippen LogP) is 2.56. The molecular weight excluding hydrogens is 224 g/mol. The number of carbonyl (C=O) groups excluding carboxylic acids is 1. The van der Waals surface area contributed by atoms with Crippen LogP contribution in [0.2, 0.25) is 0 Å². The van der Waals surface area contributed by atoms with Gasteiger partial charge in [-0.3, -0.25) is 4.79 Å². The van der Waals surface area contributed by atoms with Gasteiger partial charge in [0.2, 0.25) is 0 Å². The Kier molecular flexibility index (Phi) is 2.73. The maximum Gasteiger partial charge on any atom is 0.191 e. The first kappa shape index (κ1) is 11.2. The lowest BCUT2D eigenvalue weighted by Gasteiger charge is -2.22. The van der Waals surface area contributed by atoms with Crippen molar-refractivity contribution in [3.8, 4) is 0 Å². The molecule has 1 saturated carbocycles. The second-order valence-electron chi connectivity index (χ2n) is 4.71. The maximum atomic E-state index is 12.2. The summed E-state index contributed by atoms with van der Waals surface area (Å²) in [5.74, 6) is -0.173. The molecule has 2 nitrogen and oxygen atoms in total. The van der Waals surface area contributed by atoms with Gasteiger partial charge in [-0.25, -0.2) is 0 Å². The summed E-state index contributed by atoms with van der Waals surface area (Å²) in [5.41, 5.74) is 3.80. The quantitative estimate of drug-likeness (QED) is 0.704. The molecule has 4 bridgehead atoms. The molecule has 0 saturated heterocycles. The Bertz CT molecular complexity index is 580. The molecule has 1 fully saturated rings. The minimum Gasteiger partial charge on any atom is -0.380 e. The van der Waals surface area contributed by atoms with E-state index in [4.69, 9.17) is 0 Å².